The minimum atomic E-state index is -0.531. The summed E-state index contributed by atoms with van der Waals surface area (Å²) in [6.45, 7) is 6.60. The lowest BCUT2D eigenvalue weighted by Crippen LogP contribution is -2.48. The van der Waals surface area contributed by atoms with Gasteiger partial charge in [-0.25, -0.2) is 0 Å². The number of hydrogen-bond acceptors (Lipinski definition) is 8. The summed E-state index contributed by atoms with van der Waals surface area (Å²) in [6, 6.07) is 21.3. The van der Waals surface area contributed by atoms with Crippen molar-refractivity contribution in [2.24, 2.45) is 5.92 Å². The van der Waals surface area contributed by atoms with Crippen LogP contribution in [-0.2, 0) is 25.5 Å². The number of likely N-dealkylation sites (N-methyl/N-ethyl adjacent to an activating group) is 1. The van der Waals surface area contributed by atoms with Gasteiger partial charge in [0.1, 0.15) is 5.75 Å². The van der Waals surface area contributed by atoms with E-state index >= 15 is 0 Å². The molecule has 0 aromatic heterocycles. The molecule has 12 heteroatoms. The predicted octanol–water partition coefficient (Wildman–Crippen LogP) is 6.29. The molecule has 0 aliphatic carbocycles. The van der Waals surface area contributed by atoms with Gasteiger partial charge in [0.25, 0.3) is 5.91 Å². The summed E-state index contributed by atoms with van der Waals surface area (Å²) >= 11 is 0. The maximum absolute atomic E-state index is 14.4. The summed E-state index contributed by atoms with van der Waals surface area (Å²) in [4.78, 5) is 56.3. The molecular formula is C43H59N5O7. The largest absolute Gasteiger partial charge is 0.490 e. The molecule has 0 saturated heterocycles. The maximum Gasteiger partial charge on any atom is 0.258 e. The molecule has 0 radical (unpaired) electrons. The second-order valence-electron chi connectivity index (χ2n) is 14.7. The highest BCUT2D eigenvalue weighted by Crippen LogP contribution is 2.29. The number of unbranched alkanes of at least 4 members (excludes halogenated alkanes) is 2. The first-order valence-corrected chi connectivity index (χ1v) is 19.5. The lowest BCUT2D eigenvalue weighted by atomic mass is 10.0. The third kappa shape index (κ3) is 13.7. The highest BCUT2D eigenvalue weighted by molar-refractivity contribution is 6.00. The van der Waals surface area contributed by atoms with Gasteiger partial charge in [-0.1, -0.05) is 55.8 Å². The van der Waals surface area contributed by atoms with Gasteiger partial charge in [0.2, 0.25) is 17.7 Å². The van der Waals surface area contributed by atoms with Crippen LogP contribution >= 0.6 is 0 Å². The van der Waals surface area contributed by atoms with E-state index in [4.69, 9.17) is 15.2 Å². The fourth-order valence-corrected chi connectivity index (χ4v) is 6.54. The van der Waals surface area contributed by atoms with Gasteiger partial charge in [-0.05, 0) is 81.8 Å². The van der Waals surface area contributed by atoms with Crippen LogP contribution in [0.2, 0.25) is 0 Å². The molecule has 4 amide bonds. The lowest BCUT2D eigenvalue weighted by molar-refractivity contribution is -0.132. The van der Waals surface area contributed by atoms with Gasteiger partial charge >= 0.3 is 0 Å². The number of nitrogens with zero attached hydrogens (tertiary/aromatic N) is 2. The molecule has 0 fully saturated rings. The molecule has 1 aliphatic rings. The second kappa shape index (κ2) is 21.8. The number of rotatable bonds is 14. The molecule has 4 rings (SSSR count). The molecule has 0 bridgehead atoms. The highest BCUT2D eigenvalue weighted by atomic mass is 16.5. The SMILES string of the molecule is C[C@@H]1CCCCO[C@@H](CN(C)C(=O)Cc2ccccc2)[C@H](C)CN([C@@H](C)CO)C(=O)c2cc(NC(=O)CCCCCC(=O)Nc3ccccc3N)ccc2O1. The summed E-state index contributed by atoms with van der Waals surface area (Å²) in [6.07, 6.45) is 4.60. The molecule has 3 aromatic rings. The normalized spacial score (nSPS) is 18.6. The van der Waals surface area contributed by atoms with Crippen molar-refractivity contribution in [3.8, 4) is 5.75 Å². The average molecular weight is 758 g/mol. The number of nitrogen functional groups attached to an aromatic ring is 1. The molecule has 12 nitrogen and oxygen atoms in total. The van der Waals surface area contributed by atoms with Crippen LogP contribution in [0, 0.1) is 5.92 Å². The fourth-order valence-electron chi connectivity index (χ4n) is 6.54. The quantitative estimate of drug-likeness (QED) is 0.110. The molecule has 298 valence electrons. The van der Waals surface area contributed by atoms with Gasteiger partial charge in [0, 0.05) is 51.2 Å². The molecule has 0 unspecified atom stereocenters. The number of anilines is 3. The standard InChI is InChI=1S/C43H59N5O7/c1-30-27-48(31(2)29-49)43(53)35-26-34(45-40(50)20-9-6-10-21-41(51)46-37-19-12-11-18-36(37)44)22-23-38(35)55-32(3)15-13-14-24-54-39(30)28-47(4)42(52)25-33-16-7-5-8-17-33/h5,7-8,11-12,16-19,22-23,26,30-32,39,49H,6,9-10,13-15,20-21,24-25,27-29,44H2,1-4H3,(H,45,50)(H,46,51)/t30-,31+,32-,39+/m1/s1. The van der Waals surface area contributed by atoms with Crippen molar-refractivity contribution < 1.29 is 33.8 Å². The zero-order valence-electron chi connectivity index (χ0n) is 32.8. The van der Waals surface area contributed by atoms with Crippen molar-refractivity contribution in [3.05, 3.63) is 83.9 Å². The summed E-state index contributed by atoms with van der Waals surface area (Å²) < 4.78 is 12.7. The number of carbonyl (C=O) groups is 4. The molecule has 5 N–H and O–H groups in total. The van der Waals surface area contributed by atoms with Crippen molar-refractivity contribution in [1.82, 2.24) is 9.80 Å². The first-order chi connectivity index (χ1) is 26.4. The minimum Gasteiger partial charge on any atom is -0.490 e. The lowest BCUT2D eigenvalue weighted by Gasteiger charge is -2.36. The number of para-hydroxylation sites is 2. The van der Waals surface area contributed by atoms with Crippen molar-refractivity contribution in [2.75, 3.05) is 49.7 Å². The number of benzene rings is 3. The zero-order chi connectivity index (χ0) is 39.7. The van der Waals surface area contributed by atoms with E-state index in [1.165, 1.54) is 0 Å². The van der Waals surface area contributed by atoms with Crippen LogP contribution in [0.3, 0.4) is 0 Å². The third-order valence-electron chi connectivity index (χ3n) is 9.96. The Morgan fingerprint density at radius 2 is 1.64 bits per heavy atom. The Kier molecular flexibility index (Phi) is 17.0. The number of aliphatic hydroxyl groups is 1. The molecule has 1 aliphatic heterocycles. The number of aliphatic hydroxyl groups excluding tert-OH is 1. The molecule has 4 atom stereocenters. The Bertz CT molecular complexity index is 1700. The molecule has 1 heterocycles. The number of nitrogens with one attached hydrogen (secondary N) is 2. The van der Waals surface area contributed by atoms with E-state index in [0.29, 0.717) is 61.6 Å². The van der Waals surface area contributed by atoms with E-state index in [9.17, 15) is 24.3 Å². The van der Waals surface area contributed by atoms with Gasteiger partial charge in [-0.3, -0.25) is 19.2 Å². The molecular weight excluding hydrogens is 699 g/mol. The van der Waals surface area contributed by atoms with Gasteiger partial charge in [-0.2, -0.15) is 0 Å². The van der Waals surface area contributed by atoms with Crippen LogP contribution in [-0.4, -0.2) is 90.1 Å². The molecule has 3 aromatic carbocycles. The van der Waals surface area contributed by atoms with E-state index in [-0.39, 0.29) is 73.3 Å². The van der Waals surface area contributed by atoms with Crippen LogP contribution in [0.25, 0.3) is 0 Å². The molecule has 0 spiro atoms. The van der Waals surface area contributed by atoms with E-state index < -0.39 is 6.04 Å². The summed E-state index contributed by atoms with van der Waals surface area (Å²) in [7, 11) is 1.78. The van der Waals surface area contributed by atoms with Crippen LogP contribution in [0.1, 0.15) is 88.1 Å². The van der Waals surface area contributed by atoms with Crippen LogP contribution in [0.5, 0.6) is 5.75 Å². The Balaban J connectivity index is 1.42. The number of amides is 4. The third-order valence-corrected chi connectivity index (χ3v) is 9.96. The predicted molar refractivity (Wildman–Crippen MR) is 216 cm³/mol. The number of ether oxygens (including phenoxy) is 2. The first-order valence-electron chi connectivity index (χ1n) is 19.5. The number of carbonyl (C=O) groups excluding carboxylic acids is 4. The first kappa shape index (κ1) is 42.8. The van der Waals surface area contributed by atoms with Crippen molar-refractivity contribution in [1.29, 1.82) is 0 Å². The Labute approximate surface area is 325 Å². The molecule has 0 saturated carbocycles. The summed E-state index contributed by atoms with van der Waals surface area (Å²) in [5.74, 6) is -0.483. The fraction of sp³-hybridized carbons (Fsp3) is 0.488. The number of nitrogens with two attached hydrogens (primary N) is 1. The van der Waals surface area contributed by atoms with E-state index in [0.717, 1.165) is 24.8 Å². The smallest absolute Gasteiger partial charge is 0.258 e. The van der Waals surface area contributed by atoms with E-state index in [1.54, 1.807) is 60.2 Å². The van der Waals surface area contributed by atoms with Crippen LogP contribution in [0.15, 0.2) is 72.8 Å². The van der Waals surface area contributed by atoms with Crippen molar-refractivity contribution in [3.63, 3.8) is 0 Å². The van der Waals surface area contributed by atoms with Crippen LogP contribution in [0.4, 0.5) is 17.1 Å². The van der Waals surface area contributed by atoms with E-state index in [2.05, 4.69) is 10.6 Å². The van der Waals surface area contributed by atoms with Gasteiger partial charge in [-0.15, -0.1) is 0 Å². The zero-order valence-corrected chi connectivity index (χ0v) is 32.8. The Morgan fingerprint density at radius 3 is 2.35 bits per heavy atom. The van der Waals surface area contributed by atoms with Gasteiger partial charge in [0.05, 0.1) is 48.2 Å². The Hall–Kier alpha value is -4.94. The number of fused-ring (bicyclic) bond motifs is 1. The van der Waals surface area contributed by atoms with Crippen molar-refractivity contribution in [2.45, 2.75) is 96.8 Å². The number of hydrogen-bond donors (Lipinski definition) is 4. The summed E-state index contributed by atoms with van der Waals surface area (Å²) in [5, 5.41) is 16.0. The van der Waals surface area contributed by atoms with Gasteiger partial charge in [0.15, 0.2) is 0 Å². The van der Waals surface area contributed by atoms with Crippen molar-refractivity contribution >= 4 is 40.7 Å². The summed E-state index contributed by atoms with van der Waals surface area (Å²) in [5.41, 5.74) is 8.68. The van der Waals surface area contributed by atoms with Gasteiger partial charge < -0.3 is 40.7 Å². The highest BCUT2D eigenvalue weighted by Gasteiger charge is 2.31. The van der Waals surface area contributed by atoms with E-state index in [1.807, 2.05) is 50.2 Å². The molecule has 55 heavy (non-hydrogen) atoms. The second-order valence-corrected chi connectivity index (χ2v) is 14.7. The Morgan fingerprint density at radius 1 is 0.945 bits per heavy atom. The minimum absolute atomic E-state index is 0.0234. The maximum atomic E-state index is 14.4. The monoisotopic (exact) mass is 757 g/mol. The average Bonchev–Trinajstić information content (AvgIpc) is 3.17. The topological polar surface area (TPSA) is 164 Å². The van der Waals surface area contributed by atoms with Crippen LogP contribution < -0.4 is 21.1 Å².